The third kappa shape index (κ3) is 69.3. The van der Waals surface area contributed by atoms with Crippen LogP contribution in [0.5, 0.6) is 0 Å². The average Bonchev–Trinajstić information content (AvgIpc) is 3.11. The highest BCUT2D eigenvalue weighted by molar-refractivity contribution is 7.45. The van der Waals surface area contributed by atoms with Crippen molar-refractivity contribution in [1.82, 2.24) is 5.32 Å². The number of quaternary nitrogens is 1. The van der Waals surface area contributed by atoms with Crippen LogP contribution in [-0.2, 0) is 27.9 Å². The zero-order valence-electron chi connectivity index (χ0n) is 59.8. The summed E-state index contributed by atoms with van der Waals surface area (Å²) in [5, 5.41) is 3.05. The van der Waals surface area contributed by atoms with E-state index in [1.54, 1.807) is 0 Å². The number of carbonyl (C=O) groups excluding carboxylic acids is 2. The fourth-order valence-corrected chi connectivity index (χ4v) is 11.6. The van der Waals surface area contributed by atoms with Gasteiger partial charge in [-0.25, -0.2) is 0 Å². The highest BCUT2D eigenvalue weighted by atomic mass is 31.2. The molecule has 1 amide bonds. The number of phosphoric ester groups is 1. The van der Waals surface area contributed by atoms with Crippen molar-refractivity contribution >= 4 is 19.7 Å². The smallest absolute Gasteiger partial charge is 0.306 e. The molecule has 0 aromatic heterocycles. The number of hydrogen-bond acceptors (Lipinski definition) is 7. The van der Waals surface area contributed by atoms with Gasteiger partial charge in [0, 0.05) is 12.8 Å². The van der Waals surface area contributed by atoms with E-state index in [0.717, 1.165) is 103 Å². The second-order valence-electron chi connectivity index (χ2n) is 26.8. The quantitative estimate of drug-likeness (QED) is 0.0212. The van der Waals surface area contributed by atoms with E-state index in [0.29, 0.717) is 17.4 Å². The number of carbonyl (C=O) groups is 2. The molecule has 0 aliphatic rings. The molecule has 0 bridgehead atoms. The first-order chi connectivity index (χ1) is 43.9. The Kier molecular flexibility index (Phi) is 66.4. The first kappa shape index (κ1) is 86.9. The largest absolute Gasteiger partial charge is 0.756 e. The molecule has 3 unspecified atom stereocenters. The van der Waals surface area contributed by atoms with Crippen LogP contribution in [0.3, 0.4) is 0 Å². The lowest BCUT2D eigenvalue weighted by Gasteiger charge is -2.30. The van der Waals surface area contributed by atoms with Gasteiger partial charge in [-0.15, -0.1) is 0 Å². The SMILES string of the molecule is CCCCC/C=C\C/C=C\C/C=C\C/C=C\CCCCCCCCCCCC(=O)NC(COP(=O)([O-])OCC[N+](C)(C)C)C(/C=C/CCCCCCCCCCCC)OC(=O)CCCCCCCCCCCCCCCC/C=C\C/C=C\C/C=C\CCCCC. The van der Waals surface area contributed by atoms with Crippen LogP contribution in [0, 0.1) is 0 Å². The summed E-state index contributed by atoms with van der Waals surface area (Å²) in [6.07, 6.45) is 93.9. The van der Waals surface area contributed by atoms with Gasteiger partial charge in [-0.05, 0) is 115 Å². The highest BCUT2D eigenvalue weighted by Crippen LogP contribution is 2.38. The van der Waals surface area contributed by atoms with Gasteiger partial charge in [-0.1, -0.05) is 317 Å². The van der Waals surface area contributed by atoms with Crippen LogP contribution in [0.15, 0.2) is 97.2 Å². The van der Waals surface area contributed by atoms with E-state index in [1.165, 1.54) is 212 Å². The summed E-state index contributed by atoms with van der Waals surface area (Å²) in [4.78, 5) is 40.3. The molecule has 0 rings (SSSR count). The Morgan fingerprint density at radius 3 is 1.03 bits per heavy atom. The van der Waals surface area contributed by atoms with E-state index in [4.69, 9.17) is 13.8 Å². The van der Waals surface area contributed by atoms with Gasteiger partial charge in [0.25, 0.3) is 7.82 Å². The molecule has 90 heavy (non-hydrogen) atoms. The molecule has 0 spiro atoms. The molecule has 522 valence electrons. The highest BCUT2D eigenvalue weighted by Gasteiger charge is 2.27. The van der Waals surface area contributed by atoms with E-state index in [2.05, 4.69) is 111 Å². The van der Waals surface area contributed by atoms with Crippen LogP contribution in [0.1, 0.15) is 348 Å². The molecule has 0 fully saturated rings. The second kappa shape index (κ2) is 68.8. The van der Waals surface area contributed by atoms with Crippen molar-refractivity contribution in [3.05, 3.63) is 97.2 Å². The number of allylic oxidation sites excluding steroid dienone is 15. The van der Waals surface area contributed by atoms with Crippen LogP contribution in [0.25, 0.3) is 0 Å². The van der Waals surface area contributed by atoms with Gasteiger partial charge in [0.1, 0.15) is 19.3 Å². The molecule has 0 heterocycles. The number of rotatable bonds is 69. The fourth-order valence-electron chi connectivity index (χ4n) is 10.9. The number of ether oxygens (including phenoxy) is 1. The number of nitrogens with zero attached hydrogens (tertiary/aromatic N) is 1. The lowest BCUT2D eigenvalue weighted by molar-refractivity contribution is -0.870. The molecule has 0 aromatic rings. The minimum atomic E-state index is -4.71. The van der Waals surface area contributed by atoms with Gasteiger partial charge in [0.2, 0.25) is 5.91 Å². The van der Waals surface area contributed by atoms with Gasteiger partial charge < -0.3 is 28.5 Å². The summed E-state index contributed by atoms with van der Waals surface area (Å²) in [5.41, 5.74) is 0. The van der Waals surface area contributed by atoms with Crippen LogP contribution in [-0.4, -0.2) is 69.4 Å². The van der Waals surface area contributed by atoms with E-state index in [-0.39, 0.29) is 24.9 Å². The maximum absolute atomic E-state index is 13.6. The summed E-state index contributed by atoms with van der Waals surface area (Å²) in [7, 11) is 1.18. The summed E-state index contributed by atoms with van der Waals surface area (Å²) in [5.74, 6) is -0.541. The maximum atomic E-state index is 13.6. The van der Waals surface area contributed by atoms with Gasteiger partial charge in [-0.3, -0.25) is 14.2 Å². The molecule has 0 saturated carbocycles. The molecule has 0 aliphatic heterocycles. The summed E-state index contributed by atoms with van der Waals surface area (Å²) >= 11 is 0. The summed E-state index contributed by atoms with van der Waals surface area (Å²) in [6, 6.07) is -0.898. The van der Waals surface area contributed by atoms with Crippen LogP contribution in [0.4, 0.5) is 0 Å². The molecule has 0 aliphatic carbocycles. The van der Waals surface area contributed by atoms with Gasteiger partial charge in [0.05, 0.1) is 33.8 Å². The lowest BCUT2D eigenvalue weighted by atomic mass is 10.0. The van der Waals surface area contributed by atoms with Gasteiger partial charge in [0.15, 0.2) is 0 Å². The van der Waals surface area contributed by atoms with Crippen molar-refractivity contribution < 1.29 is 37.3 Å². The van der Waals surface area contributed by atoms with Gasteiger partial charge >= 0.3 is 5.97 Å². The predicted octanol–water partition coefficient (Wildman–Crippen LogP) is 24.0. The number of hydrogen-bond donors (Lipinski definition) is 1. The average molecular weight is 1280 g/mol. The topological polar surface area (TPSA) is 114 Å². The van der Waals surface area contributed by atoms with E-state index < -0.39 is 26.6 Å². The predicted molar refractivity (Wildman–Crippen MR) is 390 cm³/mol. The minimum Gasteiger partial charge on any atom is -0.756 e. The fraction of sp³-hybridized carbons (Fsp3) is 0.775. The molecule has 0 saturated heterocycles. The van der Waals surface area contributed by atoms with Gasteiger partial charge in [-0.2, -0.15) is 0 Å². The number of amides is 1. The Bertz CT molecular complexity index is 1860. The minimum absolute atomic E-state index is 0.0264. The standard InChI is InChI=1S/C80H145N2O7P/c1-7-10-13-16-19-22-25-28-30-32-34-36-38-40-41-43-45-47-49-51-53-55-58-61-64-67-70-73-80(84)89-78(71-68-65-62-59-56-27-24-21-18-15-12-9-3)77(76-88-90(85,86)87-75-74-82(4,5)6)81-79(83)72-69-66-63-60-57-54-52-50-48-46-44-42-39-37-35-33-31-29-26-23-20-17-14-11-8-2/h19-20,22-23,28-31,34-37,42,44,68,71,77-78H,7-18,21,24-27,32-33,38-41,43,45-67,69-70,72-76H2,1-6H3,(H-,81,83,85,86)/b22-19-,23-20-,30-28-,31-29-,36-34-,37-35-,44-42-,71-68+. The van der Waals surface area contributed by atoms with E-state index >= 15 is 0 Å². The van der Waals surface area contributed by atoms with Crippen molar-refractivity contribution in [2.45, 2.75) is 360 Å². The van der Waals surface area contributed by atoms with Crippen molar-refractivity contribution in [2.24, 2.45) is 0 Å². The number of nitrogens with one attached hydrogen (secondary N) is 1. The Morgan fingerprint density at radius 1 is 0.389 bits per heavy atom. The Morgan fingerprint density at radius 2 is 0.678 bits per heavy atom. The molecular weight excluding hydrogens is 1130 g/mol. The van der Waals surface area contributed by atoms with Crippen molar-refractivity contribution in [3.8, 4) is 0 Å². The molecule has 9 nitrogen and oxygen atoms in total. The maximum Gasteiger partial charge on any atom is 0.306 e. The van der Waals surface area contributed by atoms with Crippen LogP contribution in [0.2, 0.25) is 0 Å². The second-order valence-corrected chi connectivity index (χ2v) is 28.2. The summed E-state index contributed by atoms with van der Waals surface area (Å²) < 4.78 is 30.5. The van der Waals surface area contributed by atoms with Crippen molar-refractivity contribution in [2.75, 3.05) is 40.9 Å². The Labute approximate surface area is 558 Å². The third-order valence-electron chi connectivity index (χ3n) is 16.7. The molecular formula is C80H145N2O7P. The summed E-state index contributed by atoms with van der Waals surface area (Å²) in [6.45, 7) is 6.81. The number of unbranched alkanes of at least 4 members (excludes halogenated alkanes) is 39. The molecule has 3 atom stereocenters. The molecule has 10 heteroatoms. The normalized spacial score (nSPS) is 14.0. The Balaban J connectivity index is 5.00. The molecule has 0 radical (unpaired) electrons. The van der Waals surface area contributed by atoms with Crippen LogP contribution < -0.4 is 10.2 Å². The zero-order valence-corrected chi connectivity index (χ0v) is 60.7. The molecule has 0 aromatic carbocycles. The van der Waals surface area contributed by atoms with Crippen molar-refractivity contribution in [1.29, 1.82) is 0 Å². The zero-order chi connectivity index (χ0) is 65.6. The lowest BCUT2D eigenvalue weighted by Crippen LogP contribution is -2.47. The third-order valence-corrected chi connectivity index (χ3v) is 17.7. The number of esters is 1. The van der Waals surface area contributed by atoms with Crippen molar-refractivity contribution in [3.63, 3.8) is 0 Å². The van der Waals surface area contributed by atoms with Crippen LogP contribution >= 0.6 is 7.82 Å². The number of likely N-dealkylation sites (N-methyl/N-ethyl adjacent to an activating group) is 1. The number of phosphoric acid groups is 1. The van der Waals surface area contributed by atoms with E-state index in [9.17, 15) is 19.0 Å². The monoisotopic (exact) mass is 1280 g/mol. The Hall–Kier alpha value is -3.07. The first-order valence-corrected chi connectivity index (χ1v) is 39.5. The molecule has 1 N–H and O–H groups in total. The van der Waals surface area contributed by atoms with E-state index in [1.807, 2.05) is 33.3 Å². The first-order valence-electron chi connectivity index (χ1n) is 38.0.